The van der Waals surface area contributed by atoms with Gasteiger partial charge in [0.25, 0.3) is 0 Å². The molecular formula is C59H40N4. The van der Waals surface area contributed by atoms with Crippen LogP contribution in [-0.4, -0.2) is 19.1 Å². The van der Waals surface area contributed by atoms with Crippen LogP contribution in [0.15, 0.2) is 200 Å². The zero-order chi connectivity index (χ0) is 41.8. The van der Waals surface area contributed by atoms with Crippen LogP contribution in [0.3, 0.4) is 0 Å². The van der Waals surface area contributed by atoms with Gasteiger partial charge in [0, 0.05) is 43.6 Å². The highest BCUT2D eigenvalue weighted by Crippen LogP contribution is 2.51. The maximum absolute atomic E-state index is 5.63. The van der Waals surface area contributed by atoms with E-state index in [0.29, 0.717) is 5.95 Å². The highest BCUT2D eigenvalue weighted by Gasteiger charge is 2.37. The van der Waals surface area contributed by atoms with Crippen molar-refractivity contribution in [3.05, 3.63) is 217 Å². The first kappa shape index (κ1) is 35.7. The van der Waals surface area contributed by atoms with Gasteiger partial charge in [-0.3, -0.25) is 4.57 Å². The van der Waals surface area contributed by atoms with Crippen molar-refractivity contribution in [1.82, 2.24) is 19.1 Å². The smallest absolute Gasteiger partial charge is 0.235 e. The molecule has 12 aromatic rings. The zero-order valence-corrected chi connectivity index (χ0v) is 34.9. The number of rotatable bonds is 5. The Morgan fingerprint density at radius 2 is 1.02 bits per heavy atom. The van der Waals surface area contributed by atoms with Crippen LogP contribution in [0.4, 0.5) is 0 Å². The van der Waals surface area contributed by atoms with E-state index in [1.807, 2.05) is 0 Å². The summed E-state index contributed by atoms with van der Waals surface area (Å²) in [4.78, 5) is 11.2. The first-order chi connectivity index (χ1) is 31.0. The van der Waals surface area contributed by atoms with E-state index in [1.54, 1.807) is 0 Å². The van der Waals surface area contributed by atoms with E-state index in [-0.39, 0.29) is 5.41 Å². The third-order valence-corrected chi connectivity index (χ3v) is 13.5. The van der Waals surface area contributed by atoms with Crippen molar-refractivity contribution in [3.63, 3.8) is 0 Å². The van der Waals surface area contributed by atoms with E-state index in [4.69, 9.17) is 9.97 Å². The van der Waals surface area contributed by atoms with Crippen LogP contribution in [0, 0.1) is 0 Å². The molecule has 0 atom stereocenters. The topological polar surface area (TPSA) is 35.6 Å². The van der Waals surface area contributed by atoms with Crippen LogP contribution in [0.25, 0.3) is 111 Å². The lowest BCUT2D eigenvalue weighted by atomic mass is 9.76. The fourth-order valence-electron chi connectivity index (χ4n) is 10.7. The summed E-state index contributed by atoms with van der Waals surface area (Å²) in [5.41, 5.74) is 15.7. The normalized spacial score (nSPS) is 13.5. The SMILES string of the molecule is CC1(C)C(c2ccccc2)=Cc2ccc3nc(-n4c5ccc(-c6ccc7c(c6)c6ccccc6n7-c6ccccc6)cc5c5c6ccccc6ccc54)nc(-c4ccccc4)c3c21. The van der Waals surface area contributed by atoms with Gasteiger partial charge in [0.2, 0.25) is 5.95 Å². The van der Waals surface area contributed by atoms with E-state index >= 15 is 0 Å². The molecule has 0 spiro atoms. The summed E-state index contributed by atoms with van der Waals surface area (Å²) >= 11 is 0. The molecule has 0 amide bonds. The lowest BCUT2D eigenvalue weighted by Crippen LogP contribution is -2.18. The molecule has 3 aromatic heterocycles. The van der Waals surface area contributed by atoms with E-state index in [0.717, 1.165) is 44.4 Å². The maximum Gasteiger partial charge on any atom is 0.235 e. The Labute approximate surface area is 364 Å². The Kier molecular flexibility index (Phi) is 7.62. The summed E-state index contributed by atoms with van der Waals surface area (Å²) in [6.07, 6.45) is 2.36. The molecule has 0 saturated heterocycles. The van der Waals surface area contributed by atoms with Gasteiger partial charge in [-0.05, 0) is 105 Å². The molecule has 0 N–H and O–H groups in total. The molecule has 4 heteroatoms. The number of hydrogen-bond donors (Lipinski definition) is 0. The van der Waals surface area contributed by atoms with Gasteiger partial charge in [-0.2, -0.15) is 0 Å². The lowest BCUT2D eigenvalue weighted by Gasteiger charge is -2.27. The van der Waals surface area contributed by atoms with Crippen LogP contribution >= 0.6 is 0 Å². The number of allylic oxidation sites excluding steroid dienone is 1. The van der Waals surface area contributed by atoms with E-state index in [1.165, 1.54) is 71.2 Å². The second-order valence-electron chi connectivity index (χ2n) is 17.4. The summed E-state index contributed by atoms with van der Waals surface area (Å²) in [6, 6.07) is 72.3. The van der Waals surface area contributed by atoms with Gasteiger partial charge < -0.3 is 4.57 Å². The Morgan fingerprint density at radius 3 is 1.78 bits per heavy atom. The van der Waals surface area contributed by atoms with Crippen molar-refractivity contribution < 1.29 is 0 Å². The Bertz CT molecular complexity index is 3850. The maximum atomic E-state index is 5.63. The minimum absolute atomic E-state index is 0.272. The van der Waals surface area contributed by atoms with Crippen molar-refractivity contribution in [1.29, 1.82) is 0 Å². The first-order valence-electron chi connectivity index (χ1n) is 21.7. The Balaban J connectivity index is 1.05. The van der Waals surface area contributed by atoms with Crippen molar-refractivity contribution in [3.8, 4) is 34.0 Å². The third-order valence-electron chi connectivity index (χ3n) is 13.5. The molecule has 9 aromatic carbocycles. The summed E-state index contributed by atoms with van der Waals surface area (Å²) in [5, 5.41) is 8.36. The van der Waals surface area contributed by atoms with Gasteiger partial charge in [0.15, 0.2) is 0 Å². The molecule has 4 nitrogen and oxygen atoms in total. The largest absolute Gasteiger partial charge is 0.309 e. The average Bonchev–Trinajstić information content (AvgIpc) is 3.96. The molecule has 0 radical (unpaired) electrons. The Morgan fingerprint density at radius 1 is 0.413 bits per heavy atom. The molecule has 1 aliphatic rings. The minimum Gasteiger partial charge on any atom is -0.309 e. The standard InChI is InChI=1S/C59H40N4/c1-59(2)48(38-17-6-3-7-18-38)36-42-26-30-49-55(56(42)59)57(39-19-8-4-9-20-39)61-58(60-49)63-52-32-29-41(35-47(52)54-44-23-13-12-16-37(44)27-33-53(54)63)40-28-31-51-46(34-40)45-24-14-15-25-50(45)62(51)43-21-10-5-11-22-43/h3-36H,1-2H3. The monoisotopic (exact) mass is 804 g/mol. The molecule has 3 heterocycles. The van der Waals surface area contributed by atoms with Gasteiger partial charge in [0.1, 0.15) is 0 Å². The van der Waals surface area contributed by atoms with Crippen LogP contribution in [-0.2, 0) is 5.41 Å². The summed E-state index contributed by atoms with van der Waals surface area (Å²) in [5.74, 6) is 0.659. The van der Waals surface area contributed by atoms with Crippen molar-refractivity contribution in [2.45, 2.75) is 19.3 Å². The van der Waals surface area contributed by atoms with Crippen LogP contribution in [0.1, 0.15) is 30.5 Å². The number of hydrogen-bond acceptors (Lipinski definition) is 2. The molecular weight excluding hydrogens is 765 g/mol. The zero-order valence-electron chi connectivity index (χ0n) is 34.9. The molecule has 63 heavy (non-hydrogen) atoms. The molecule has 13 rings (SSSR count). The fourth-order valence-corrected chi connectivity index (χ4v) is 10.7. The Hall–Kier alpha value is -8.08. The quantitative estimate of drug-likeness (QED) is 0.174. The van der Waals surface area contributed by atoms with Crippen molar-refractivity contribution >= 4 is 76.9 Å². The molecule has 0 fully saturated rings. The van der Waals surface area contributed by atoms with Crippen LogP contribution in [0.2, 0.25) is 0 Å². The molecule has 296 valence electrons. The summed E-state index contributed by atoms with van der Waals surface area (Å²) in [6.45, 7) is 4.68. The van der Waals surface area contributed by atoms with E-state index < -0.39 is 0 Å². The number of benzene rings is 9. The number of nitrogens with zero attached hydrogens (tertiary/aromatic N) is 4. The van der Waals surface area contributed by atoms with Gasteiger partial charge >= 0.3 is 0 Å². The van der Waals surface area contributed by atoms with Gasteiger partial charge in [-0.15, -0.1) is 0 Å². The highest BCUT2D eigenvalue weighted by molar-refractivity contribution is 6.22. The van der Waals surface area contributed by atoms with Gasteiger partial charge in [-0.25, -0.2) is 9.97 Å². The molecule has 0 aliphatic heterocycles. The number of para-hydroxylation sites is 2. The summed E-state index contributed by atoms with van der Waals surface area (Å²) < 4.78 is 4.66. The molecule has 0 saturated carbocycles. The van der Waals surface area contributed by atoms with Gasteiger partial charge in [0.05, 0.1) is 33.3 Å². The van der Waals surface area contributed by atoms with Crippen LogP contribution < -0.4 is 0 Å². The number of fused-ring (bicyclic) bond motifs is 11. The number of aromatic nitrogens is 4. The predicted octanol–water partition coefficient (Wildman–Crippen LogP) is 15.1. The lowest BCUT2D eigenvalue weighted by molar-refractivity contribution is 0.710. The van der Waals surface area contributed by atoms with Crippen LogP contribution in [0.5, 0.6) is 0 Å². The summed E-state index contributed by atoms with van der Waals surface area (Å²) in [7, 11) is 0. The highest BCUT2D eigenvalue weighted by atomic mass is 15.2. The van der Waals surface area contributed by atoms with E-state index in [2.05, 4.69) is 229 Å². The third kappa shape index (κ3) is 5.28. The molecule has 1 aliphatic carbocycles. The first-order valence-corrected chi connectivity index (χ1v) is 21.7. The second kappa shape index (κ2) is 13.5. The average molecular weight is 805 g/mol. The second-order valence-corrected chi connectivity index (χ2v) is 17.4. The molecule has 0 unspecified atom stereocenters. The predicted molar refractivity (Wildman–Crippen MR) is 264 cm³/mol. The fraction of sp³-hybridized carbons (Fsp3) is 0.0508. The van der Waals surface area contributed by atoms with Crippen molar-refractivity contribution in [2.24, 2.45) is 0 Å². The van der Waals surface area contributed by atoms with E-state index in [9.17, 15) is 0 Å². The minimum atomic E-state index is -0.272. The van der Waals surface area contributed by atoms with Gasteiger partial charge in [-0.1, -0.05) is 159 Å². The molecule has 0 bridgehead atoms. The van der Waals surface area contributed by atoms with Crippen molar-refractivity contribution in [2.75, 3.05) is 0 Å².